The highest BCUT2D eigenvalue weighted by Crippen LogP contribution is 2.21. The van der Waals surface area contributed by atoms with E-state index in [1.807, 2.05) is 0 Å². The van der Waals surface area contributed by atoms with E-state index in [9.17, 15) is 25.1 Å². The lowest BCUT2D eigenvalue weighted by atomic mass is 9.96. The van der Waals surface area contributed by atoms with E-state index in [1.54, 1.807) is 0 Å². The molecule has 0 bridgehead atoms. The number of nitro benzene ring substituents is 1. The Morgan fingerprint density at radius 1 is 1.25 bits per heavy atom. The molecule has 1 fully saturated rings. The monoisotopic (exact) mass is 337 g/mol. The molecule has 0 radical (unpaired) electrons. The van der Waals surface area contributed by atoms with Crippen molar-refractivity contribution in [3.05, 3.63) is 39.9 Å². The zero-order valence-corrected chi connectivity index (χ0v) is 13.4. The molecular formula is C16H23N3O5. The summed E-state index contributed by atoms with van der Waals surface area (Å²) in [5.74, 6) is 0. The van der Waals surface area contributed by atoms with Gasteiger partial charge in [-0.2, -0.15) is 0 Å². The number of benzene rings is 1. The van der Waals surface area contributed by atoms with Crippen LogP contribution in [0.25, 0.3) is 0 Å². The molecule has 8 heteroatoms. The van der Waals surface area contributed by atoms with Gasteiger partial charge in [0.05, 0.1) is 17.6 Å². The van der Waals surface area contributed by atoms with Gasteiger partial charge in [-0.25, -0.2) is 4.79 Å². The van der Waals surface area contributed by atoms with Crippen LogP contribution in [0.5, 0.6) is 0 Å². The van der Waals surface area contributed by atoms with Crippen molar-refractivity contribution in [3.63, 3.8) is 0 Å². The van der Waals surface area contributed by atoms with Gasteiger partial charge in [0.25, 0.3) is 5.69 Å². The number of rotatable bonds is 6. The number of carbonyl (C=O) groups excluding carboxylic acids is 1. The molecule has 1 aromatic carbocycles. The fraction of sp³-hybridized carbons (Fsp3) is 0.562. The lowest BCUT2D eigenvalue weighted by Gasteiger charge is -2.26. The maximum absolute atomic E-state index is 12.0. The number of urea groups is 1. The highest BCUT2D eigenvalue weighted by atomic mass is 16.6. The molecule has 0 heterocycles. The quantitative estimate of drug-likeness (QED) is 0.464. The lowest BCUT2D eigenvalue weighted by molar-refractivity contribution is -0.384. The van der Waals surface area contributed by atoms with Gasteiger partial charge in [0.15, 0.2) is 0 Å². The summed E-state index contributed by atoms with van der Waals surface area (Å²) in [5.41, 5.74) is 0.298. The van der Waals surface area contributed by atoms with Crippen LogP contribution in [0, 0.1) is 10.1 Å². The maximum atomic E-state index is 12.0. The number of non-ortho nitro benzene ring substituents is 1. The van der Waals surface area contributed by atoms with Gasteiger partial charge < -0.3 is 20.8 Å². The van der Waals surface area contributed by atoms with E-state index in [1.165, 1.54) is 30.7 Å². The van der Waals surface area contributed by atoms with Gasteiger partial charge in [0.1, 0.15) is 6.10 Å². The zero-order valence-electron chi connectivity index (χ0n) is 13.4. The Balaban J connectivity index is 1.93. The fourth-order valence-corrected chi connectivity index (χ4v) is 2.89. The van der Waals surface area contributed by atoms with Crippen LogP contribution >= 0.6 is 0 Å². The lowest BCUT2D eigenvalue weighted by Crippen LogP contribution is -2.49. The molecule has 4 N–H and O–H groups in total. The molecule has 0 aromatic heterocycles. The SMILES string of the molecule is O=C(NC1CCCCC1)N[C@H](CO)[C@H](O)c1ccc([N+](=O)[O-])cc1. The van der Waals surface area contributed by atoms with E-state index < -0.39 is 29.7 Å². The number of aliphatic hydroxyl groups excluding tert-OH is 2. The van der Waals surface area contributed by atoms with Crippen molar-refractivity contribution in [3.8, 4) is 0 Å². The second-order valence-corrected chi connectivity index (χ2v) is 6.04. The summed E-state index contributed by atoms with van der Waals surface area (Å²) in [6, 6.07) is 4.16. The van der Waals surface area contributed by atoms with Crippen LogP contribution in [0.15, 0.2) is 24.3 Å². The van der Waals surface area contributed by atoms with E-state index >= 15 is 0 Å². The molecule has 1 saturated carbocycles. The minimum absolute atomic E-state index is 0.0884. The second-order valence-electron chi connectivity index (χ2n) is 6.04. The minimum atomic E-state index is -1.16. The van der Waals surface area contributed by atoms with Gasteiger partial charge in [0.2, 0.25) is 0 Å². The number of aliphatic hydroxyl groups is 2. The predicted molar refractivity (Wildman–Crippen MR) is 87.5 cm³/mol. The molecule has 1 aromatic rings. The van der Waals surface area contributed by atoms with E-state index in [0.29, 0.717) is 5.56 Å². The Morgan fingerprint density at radius 3 is 2.42 bits per heavy atom. The van der Waals surface area contributed by atoms with Gasteiger partial charge in [-0.1, -0.05) is 19.3 Å². The smallest absolute Gasteiger partial charge is 0.315 e. The first kappa shape index (κ1) is 18.2. The zero-order chi connectivity index (χ0) is 17.5. The van der Waals surface area contributed by atoms with Crippen LogP contribution in [0.1, 0.15) is 43.8 Å². The Labute approximate surface area is 140 Å². The summed E-state index contributed by atoms with van der Waals surface area (Å²) in [6.07, 6.45) is 4.05. The van der Waals surface area contributed by atoms with E-state index in [-0.39, 0.29) is 11.7 Å². The largest absolute Gasteiger partial charge is 0.394 e. The van der Waals surface area contributed by atoms with Crippen molar-refractivity contribution >= 4 is 11.7 Å². The average Bonchev–Trinajstić information content (AvgIpc) is 2.60. The standard InChI is InChI=1S/C16H23N3O5/c20-10-14(18-16(22)17-12-4-2-1-3-5-12)15(21)11-6-8-13(9-7-11)19(23)24/h6-9,12,14-15,20-21H,1-5,10H2,(H2,17,18,22)/t14-,15-/m1/s1. The summed E-state index contributed by atoms with van der Waals surface area (Å²) in [4.78, 5) is 22.1. The first-order valence-electron chi connectivity index (χ1n) is 8.11. The number of amides is 2. The number of hydrogen-bond donors (Lipinski definition) is 4. The van der Waals surface area contributed by atoms with Crippen molar-refractivity contribution in [1.29, 1.82) is 0 Å². The fourth-order valence-electron chi connectivity index (χ4n) is 2.89. The normalized spacial score (nSPS) is 17.8. The summed E-state index contributed by atoms with van der Waals surface area (Å²) in [6.45, 7) is -0.448. The molecule has 0 unspecified atom stereocenters. The summed E-state index contributed by atoms with van der Waals surface area (Å²) in [5, 5.41) is 35.8. The Morgan fingerprint density at radius 2 is 1.88 bits per heavy atom. The third-order valence-electron chi connectivity index (χ3n) is 4.28. The van der Waals surface area contributed by atoms with Crippen LogP contribution in [-0.4, -0.2) is 39.9 Å². The molecule has 2 atom stereocenters. The van der Waals surface area contributed by atoms with Gasteiger partial charge in [0, 0.05) is 18.2 Å². The molecule has 0 saturated heterocycles. The van der Waals surface area contributed by atoms with Gasteiger partial charge in [-0.3, -0.25) is 10.1 Å². The third-order valence-corrected chi connectivity index (χ3v) is 4.28. The molecule has 1 aliphatic rings. The van der Waals surface area contributed by atoms with Gasteiger partial charge in [-0.05, 0) is 30.5 Å². The van der Waals surface area contributed by atoms with Crippen LogP contribution < -0.4 is 10.6 Å². The maximum Gasteiger partial charge on any atom is 0.315 e. The molecule has 24 heavy (non-hydrogen) atoms. The number of nitro groups is 1. The third kappa shape index (κ3) is 4.90. The van der Waals surface area contributed by atoms with Crippen LogP contribution in [0.4, 0.5) is 10.5 Å². The molecule has 1 aliphatic carbocycles. The Hall–Kier alpha value is -2.19. The molecule has 0 aliphatic heterocycles. The average molecular weight is 337 g/mol. The van der Waals surface area contributed by atoms with Gasteiger partial charge >= 0.3 is 6.03 Å². The molecule has 2 rings (SSSR count). The van der Waals surface area contributed by atoms with Crippen LogP contribution in [0.2, 0.25) is 0 Å². The molecule has 2 amide bonds. The first-order valence-corrected chi connectivity index (χ1v) is 8.11. The van der Waals surface area contributed by atoms with Crippen molar-refractivity contribution in [2.24, 2.45) is 0 Å². The van der Waals surface area contributed by atoms with E-state index in [2.05, 4.69) is 10.6 Å². The van der Waals surface area contributed by atoms with E-state index in [0.717, 1.165) is 25.7 Å². The minimum Gasteiger partial charge on any atom is -0.394 e. The topological polar surface area (TPSA) is 125 Å². The second kappa shape index (κ2) is 8.60. The highest BCUT2D eigenvalue weighted by molar-refractivity contribution is 5.74. The molecule has 8 nitrogen and oxygen atoms in total. The van der Waals surface area contributed by atoms with Crippen molar-refractivity contribution < 1.29 is 19.9 Å². The van der Waals surface area contributed by atoms with Crippen molar-refractivity contribution in [1.82, 2.24) is 10.6 Å². The summed E-state index contributed by atoms with van der Waals surface area (Å²) >= 11 is 0. The number of carbonyl (C=O) groups is 1. The molecular weight excluding hydrogens is 314 g/mol. The Kier molecular flexibility index (Phi) is 6.51. The van der Waals surface area contributed by atoms with E-state index in [4.69, 9.17) is 0 Å². The van der Waals surface area contributed by atoms with Crippen molar-refractivity contribution in [2.45, 2.75) is 50.3 Å². The first-order chi connectivity index (χ1) is 11.5. The predicted octanol–water partition coefficient (Wildman–Crippen LogP) is 1.62. The van der Waals surface area contributed by atoms with Crippen LogP contribution in [-0.2, 0) is 0 Å². The van der Waals surface area contributed by atoms with Crippen molar-refractivity contribution in [2.75, 3.05) is 6.61 Å². The number of hydrogen-bond acceptors (Lipinski definition) is 5. The summed E-state index contributed by atoms with van der Waals surface area (Å²) < 4.78 is 0. The van der Waals surface area contributed by atoms with Crippen LogP contribution in [0.3, 0.4) is 0 Å². The molecule has 0 spiro atoms. The highest BCUT2D eigenvalue weighted by Gasteiger charge is 2.24. The van der Waals surface area contributed by atoms with Gasteiger partial charge in [-0.15, -0.1) is 0 Å². The number of nitrogens with one attached hydrogen (secondary N) is 2. The molecule has 132 valence electrons. The Bertz CT molecular complexity index is 557. The summed E-state index contributed by atoms with van der Waals surface area (Å²) in [7, 11) is 0. The number of nitrogens with zero attached hydrogens (tertiary/aromatic N) is 1.